The topological polar surface area (TPSA) is 79.6 Å². The molecule has 2 aromatic rings. The van der Waals surface area contributed by atoms with E-state index >= 15 is 0 Å². The molecule has 0 radical (unpaired) electrons. The fourth-order valence-electron chi connectivity index (χ4n) is 3.76. The summed E-state index contributed by atoms with van der Waals surface area (Å²) in [5.74, 6) is 0.220. The number of sulfonamides is 1. The molecule has 6 nitrogen and oxygen atoms in total. The summed E-state index contributed by atoms with van der Waals surface area (Å²) in [7, 11) is -3.62. The van der Waals surface area contributed by atoms with Crippen LogP contribution in [0.3, 0.4) is 0 Å². The van der Waals surface area contributed by atoms with Crippen LogP contribution in [0.1, 0.15) is 66.8 Å². The van der Waals surface area contributed by atoms with Gasteiger partial charge in [0.25, 0.3) is 5.91 Å². The predicted octanol–water partition coefficient (Wildman–Crippen LogP) is 4.34. The maximum atomic E-state index is 12.9. The molecule has 28 heavy (non-hydrogen) atoms. The van der Waals surface area contributed by atoms with Crippen LogP contribution in [0.5, 0.6) is 0 Å². The standard InChI is InChI=1S/C20H28N2O4S2/c1-4-15(5-2)19(17-9-8-12-27-17)21-20(23)16-13-18(14(3)26-16)28(24,25)22-10-6-7-11-22/h8-9,12-13,15,19H,4-7,10-11H2,1-3H3,(H,21,23). The Morgan fingerprint density at radius 1 is 1.29 bits per heavy atom. The fraction of sp³-hybridized carbons (Fsp3) is 0.550. The van der Waals surface area contributed by atoms with Crippen molar-refractivity contribution in [3.05, 3.63) is 40.0 Å². The molecule has 0 bridgehead atoms. The second-order valence-corrected chi connectivity index (χ2v) is 10.1. The van der Waals surface area contributed by atoms with Gasteiger partial charge < -0.3 is 9.73 Å². The van der Waals surface area contributed by atoms with Gasteiger partial charge in [-0.05, 0) is 37.1 Å². The van der Waals surface area contributed by atoms with Gasteiger partial charge in [-0.25, -0.2) is 8.42 Å². The molecule has 0 aromatic carbocycles. The van der Waals surface area contributed by atoms with Crippen molar-refractivity contribution >= 4 is 27.3 Å². The van der Waals surface area contributed by atoms with E-state index in [0.29, 0.717) is 19.0 Å². The van der Waals surface area contributed by atoms with Gasteiger partial charge in [0.15, 0.2) is 5.76 Å². The van der Waals surface area contributed by atoms with Gasteiger partial charge in [-0.3, -0.25) is 4.79 Å². The zero-order valence-electron chi connectivity index (χ0n) is 16.6. The number of hydrogen-bond acceptors (Lipinski definition) is 5. The third kappa shape index (κ3) is 4.18. The minimum atomic E-state index is -3.62. The van der Waals surface area contributed by atoms with E-state index in [0.717, 1.165) is 30.6 Å². The Balaban J connectivity index is 1.84. The van der Waals surface area contributed by atoms with Crippen molar-refractivity contribution in [3.8, 4) is 0 Å². The van der Waals surface area contributed by atoms with Gasteiger partial charge in [0.05, 0.1) is 6.04 Å². The lowest BCUT2D eigenvalue weighted by Crippen LogP contribution is -2.32. The molecule has 0 spiro atoms. The number of rotatable bonds is 8. The zero-order chi connectivity index (χ0) is 20.3. The van der Waals surface area contributed by atoms with Crippen LogP contribution in [0.4, 0.5) is 0 Å². The fourth-order valence-corrected chi connectivity index (χ4v) is 6.31. The van der Waals surface area contributed by atoms with E-state index in [9.17, 15) is 13.2 Å². The molecule has 1 aliphatic rings. The predicted molar refractivity (Wildman–Crippen MR) is 110 cm³/mol. The Hall–Kier alpha value is -1.64. The number of hydrogen-bond donors (Lipinski definition) is 1. The average Bonchev–Trinajstić information content (AvgIpc) is 3.42. The SMILES string of the molecule is CCC(CC)C(NC(=O)c1cc(S(=O)(=O)N2CCCC2)c(C)o1)c1cccs1. The largest absolute Gasteiger partial charge is 0.455 e. The number of aryl methyl sites for hydroxylation is 1. The molecule has 2 aromatic heterocycles. The molecule has 3 rings (SSSR count). The monoisotopic (exact) mass is 424 g/mol. The summed E-state index contributed by atoms with van der Waals surface area (Å²) in [6, 6.07) is 5.24. The third-order valence-corrected chi connectivity index (χ3v) is 8.40. The number of furan rings is 1. The smallest absolute Gasteiger partial charge is 0.287 e. The summed E-state index contributed by atoms with van der Waals surface area (Å²) in [6.07, 6.45) is 3.60. The van der Waals surface area contributed by atoms with Crippen molar-refractivity contribution in [1.29, 1.82) is 0 Å². The minimum absolute atomic E-state index is 0.0442. The van der Waals surface area contributed by atoms with Gasteiger partial charge in [0.1, 0.15) is 10.7 Å². The molecule has 1 atom stereocenters. The van der Waals surface area contributed by atoms with Gasteiger partial charge in [-0.15, -0.1) is 11.3 Å². The summed E-state index contributed by atoms with van der Waals surface area (Å²) in [4.78, 5) is 14.1. The van der Waals surface area contributed by atoms with Crippen molar-refractivity contribution in [3.63, 3.8) is 0 Å². The number of carbonyl (C=O) groups excluding carboxylic acids is 1. The molecular formula is C20H28N2O4S2. The van der Waals surface area contributed by atoms with Crippen LogP contribution in [0, 0.1) is 12.8 Å². The zero-order valence-corrected chi connectivity index (χ0v) is 18.2. The van der Waals surface area contributed by atoms with Gasteiger partial charge >= 0.3 is 0 Å². The normalized spacial score (nSPS) is 16.6. The molecule has 3 heterocycles. The molecule has 1 amide bonds. The van der Waals surface area contributed by atoms with E-state index in [-0.39, 0.29) is 28.4 Å². The Labute approximate surface area is 171 Å². The van der Waals surface area contributed by atoms with Crippen LogP contribution in [0.15, 0.2) is 32.9 Å². The van der Waals surface area contributed by atoms with Crippen LogP contribution in [-0.4, -0.2) is 31.7 Å². The van der Waals surface area contributed by atoms with Crippen LogP contribution in [-0.2, 0) is 10.0 Å². The van der Waals surface area contributed by atoms with Crippen molar-refractivity contribution in [1.82, 2.24) is 9.62 Å². The van der Waals surface area contributed by atoms with Crippen LogP contribution in [0.2, 0.25) is 0 Å². The number of thiophene rings is 1. The first-order valence-electron chi connectivity index (χ1n) is 9.83. The van der Waals surface area contributed by atoms with E-state index in [2.05, 4.69) is 19.2 Å². The molecule has 0 saturated carbocycles. The number of nitrogens with one attached hydrogen (secondary N) is 1. The summed E-state index contributed by atoms with van der Waals surface area (Å²) >= 11 is 1.61. The lowest BCUT2D eigenvalue weighted by molar-refractivity contribution is 0.0891. The first-order valence-corrected chi connectivity index (χ1v) is 12.1. The summed E-state index contributed by atoms with van der Waals surface area (Å²) in [6.45, 7) is 6.85. The van der Waals surface area contributed by atoms with Crippen molar-refractivity contribution in [2.45, 2.75) is 57.4 Å². The van der Waals surface area contributed by atoms with Crippen LogP contribution < -0.4 is 5.32 Å². The molecule has 1 N–H and O–H groups in total. The number of nitrogens with zero attached hydrogens (tertiary/aromatic N) is 1. The highest BCUT2D eigenvalue weighted by atomic mass is 32.2. The second kappa shape index (κ2) is 8.80. The van der Waals surface area contributed by atoms with E-state index < -0.39 is 10.0 Å². The summed E-state index contributed by atoms with van der Waals surface area (Å²) in [5.41, 5.74) is 0. The maximum absolute atomic E-state index is 12.9. The van der Waals surface area contributed by atoms with E-state index in [1.807, 2.05) is 17.5 Å². The third-order valence-electron chi connectivity index (χ3n) is 5.44. The summed E-state index contributed by atoms with van der Waals surface area (Å²) in [5, 5.41) is 5.06. The van der Waals surface area contributed by atoms with E-state index in [1.54, 1.807) is 18.3 Å². The first kappa shape index (κ1) is 21.1. The van der Waals surface area contributed by atoms with Crippen molar-refractivity contribution in [2.75, 3.05) is 13.1 Å². The Morgan fingerprint density at radius 2 is 1.96 bits per heavy atom. The second-order valence-electron chi connectivity index (χ2n) is 7.19. The lowest BCUT2D eigenvalue weighted by Gasteiger charge is -2.25. The van der Waals surface area contributed by atoms with E-state index in [4.69, 9.17) is 4.42 Å². The van der Waals surface area contributed by atoms with Gasteiger partial charge in [0.2, 0.25) is 10.0 Å². The summed E-state index contributed by atoms with van der Waals surface area (Å²) < 4.78 is 32.7. The Bertz CT molecular complexity index is 893. The molecule has 1 aliphatic heterocycles. The molecular weight excluding hydrogens is 396 g/mol. The molecule has 8 heteroatoms. The number of amides is 1. The van der Waals surface area contributed by atoms with Gasteiger partial charge in [-0.2, -0.15) is 4.31 Å². The molecule has 1 fully saturated rings. The molecule has 154 valence electrons. The average molecular weight is 425 g/mol. The van der Waals surface area contributed by atoms with Crippen LogP contribution >= 0.6 is 11.3 Å². The number of carbonyl (C=O) groups is 1. The van der Waals surface area contributed by atoms with Gasteiger partial charge in [0, 0.05) is 24.0 Å². The minimum Gasteiger partial charge on any atom is -0.455 e. The van der Waals surface area contributed by atoms with Crippen molar-refractivity contribution in [2.24, 2.45) is 5.92 Å². The van der Waals surface area contributed by atoms with Gasteiger partial charge in [-0.1, -0.05) is 32.8 Å². The highest BCUT2D eigenvalue weighted by Crippen LogP contribution is 2.32. The Morgan fingerprint density at radius 3 is 2.54 bits per heavy atom. The molecule has 1 saturated heterocycles. The van der Waals surface area contributed by atoms with E-state index in [1.165, 1.54) is 10.4 Å². The first-order chi connectivity index (χ1) is 13.4. The van der Waals surface area contributed by atoms with Crippen molar-refractivity contribution < 1.29 is 17.6 Å². The lowest BCUT2D eigenvalue weighted by atomic mass is 9.93. The molecule has 0 aliphatic carbocycles. The molecule has 1 unspecified atom stereocenters. The van der Waals surface area contributed by atoms with Crippen LogP contribution in [0.25, 0.3) is 0 Å². The quantitative estimate of drug-likeness (QED) is 0.683. The maximum Gasteiger partial charge on any atom is 0.287 e. The Kier molecular flexibility index (Phi) is 6.62. The highest BCUT2D eigenvalue weighted by Gasteiger charge is 2.32. The highest BCUT2D eigenvalue weighted by molar-refractivity contribution is 7.89.